The van der Waals surface area contributed by atoms with Gasteiger partial charge in [0.05, 0.1) is 5.92 Å². The number of hydrogen-bond acceptors (Lipinski definition) is 4. The summed E-state index contributed by atoms with van der Waals surface area (Å²) in [5, 5.41) is 19.5. The minimum absolute atomic E-state index is 0.0283. The molecule has 0 aromatic heterocycles. The zero-order valence-corrected chi connectivity index (χ0v) is 11.6. The van der Waals surface area contributed by atoms with Crippen LogP contribution in [0, 0.1) is 11.3 Å². The van der Waals surface area contributed by atoms with Gasteiger partial charge in [0.15, 0.2) is 0 Å². The molecule has 2 aromatic carbocycles. The summed E-state index contributed by atoms with van der Waals surface area (Å²) in [7, 11) is 0. The van der Waals surface area contributed by atoms with Crippen molar-refractivity contribution in [3.05, 3.63) is 70.1 Å². The number of phenols is 1. The Morgan fingerprint density at radius 2 is 1.95 bits per heavy atom. The first-order chi connectivity index (χ1) is 10.1. The lowest BCUT2D eigenvalue weighted by Crippen LogP contribution is -2.21. The molecule has 0 saturated heterocycles. The Morgan fingerprint density at radius 3 is 2.67 bits per heavy atom. The van der Waals surface area contributed by atoms with Crippen LogP contribution in [0.25, 0.3) is 0 Å². The maximum Gasteiger partial charge on any atom is 0.205 e. The highest BCUT2D eigenvalue weighted by Crippen LogP contribution is 2.44. The molecule has 0 fully saturated rings. The summed E-state index contributed by atoms with van der Waals surface area (Å²) >= 11 is 6.26. The Bertz CT molecular complexity index is 793. The first kappa shape index (κ1) is 13.3. The predicted molar refractivity (Wildman–Crippen MR) is 78.9 cm³/mol. The minimum Gasteiger partial charge on any atom is -0.508 e. The number of nitrogens with zero attached hydrogens (tertiary/aromatic N) is 1. The average molecular weight is 299 g/mol. The van der Waals surface area contributed by atoms with E-state index in [0.717, 1.165) is 11.1 Å². The van der Waals surface area contributed by atoms with E-state index >= 15 is 0 Å². The molecule has 1 aliphatic heterocycles. The molecule has 0 bridgehead atoms. The summed E-state index contributed by atoms with van der Waals surface area (Å²) in [6, 6.07) is 14.1. The van der Waals surface area contributed by atoms with Gasteiger partial charge < -0.3 is 15.6 Å². The van der Waals surface area contributed by atoms with Crippen LogP contribution in [0.3, 0.4) is 0 Å². The van der Waals surface area contributed by atoms with Crippen molar-refractivity contribution in [2.75, 3.05) is 0 Å². The summed E-state index contributed by atoms with van der Waals surface area (Å²) in [4.78, 5) is 0. The zero-order chi connectivity index (χ0) is 15.0. The standard InChI is InChI=1S/C16H11ClN2O2/c17-13-4-2-1-3-10(13)15-11-6-5-9(20)7-14(11)21-16(19)12(15)8-18/h1-7,15,20H,19H2. The fourth-order valence-corrected chi connectivity index (χ4v) is 2.72. The molecule has 5 heteroatoms. The van der Waals surface area contributed by atoms with Crippen molar-refractivity contribution in [3.8, 4) is 17.6 Å². The number of allylic oxidation sites excluding steroid dienone is 1. The van der Waals surface area contributed by atoms with E-state index in [-0.39, 0.29) is 11.6 Å². The molecule has 1 heterocycles. The summed E-state index contributed by atoms with van der Waals surface area (Å²) < 4.78 is 5.44. The SMILES string of the molecule is N#CC1=C(N)Oc2cc(O)ccc2C1c1ccccc1Cl. The van der Waals surface area contributed by atoms with Gasteiger partial charge in [-0.25, -0.2) is 0 Å². The van der Waals surface area contributed by atoms with Gasteiger partial charge in [0, 0.05) is 16.7 Å². The van der Waals surface area contributed by atoms with Gasteiger partial charge in [-0.05, 0) is 17.7 Å². The van der Waals surface area contributed by atoms with E-state index in [4.69, 9.17) is 22.1 Å². The second kappa shape index (κ2) is 5.04. The minimum atomic E-state index is -0.409. The van der Waals surface area contributed by atoms with Crippen LogP contribution >= 0.6 is 11.6 Å². The number of halogens is 1. The molecule has 1 unspecified atom stereocenters. The van der Waals surface area contributed by atoms with E-state index < -0.39 is 5.92 Å². The maximum absolute atomic E-state index is 9.58. The first-order valence-corrected chi connectivity index (χ1v) is 6.64. The van der Waals surface area contributed by atoms with E-state index in [9.17, 15) is 10.4 Å². The van der Waals surface area contributed by atoms with Crippen molar-refractivity contribution in [3.63, 3.8) is 0 Å². The molecule has 0 aliphatic carbocycles. The Balaban J connectivity index is 2.27. The molecule has 0 spiro atoms. The number of benzene rings is 2. The van der Waals surface area contributed by atoms with Gasteiger partial charge in [0.25, 0.3) is 0 Å². The number of hydrogen-bond donors (Lipinski definition) is 2. The van der Waals surface area contributed by atoms with Gasteiger partial charge in [-0.1, -0.05) is 35.9 Å². The molecular weight excluding hydrogens is 288 g/mol. The van der Waals surface area contributed by atoms with Crippen molar-refractivity contribution in [1.82, 2.24) is 0 Å². The van der Waals surface area contributed by atoms with Gasteiger partial charge in [0.1, 0.15) is 23.1 Å². The fourth-order valence-electron chi connectivity index (χ4n) is 2.47. The van der Waals surface area contributed by atoms with E-state index in [0.29, 0.717) is 16.3 Å². The summed E-state index contributed by atoms with van der Waals surface area (Å²) in [6.45, 7) is 0. The molecule has 4 nitrogen and oxygen atoms in total. The summed E-state index contributed by atoms with van der Waals surface area (Å²) in [6.07, 6.45) is 0. The number of phenolic OH excluding ortho intramolecular Hbond substituents is 1. The first-order valence-electron chi connectivity index (χ1n) is 6.26. The Hall–Kier alpha value is -2.64. The van der Waals surface area contributed by atoms with Crippen LogP contribution in [-0.4, -0.2) is 5.11 Å². The number of nitrogens with two attached hydrogens (primary N) is 1. The second-order valence-corrected chi connectivity index (χ2v) is 5.08. The highest BCUT2D eigenvalue weighted by molar-refractivity contribution is 6.31. The van der Waals surface area contributed by atoms with E-state index in [1.807, 2.05) is 18.2 Å². The molecule has 0 amide bonds. The van der Waals surface area contributed by atoms with Gasteiger partial charge in [0.2, 0.25) is 5.88 Å². The van der Waals surface area contributed by atoms with Crippen LogP contribution in [0.2, 0.25) is 5.02 Å². The van der Waals surface area contributed by atoms with Crippen molar-refractivity contribution in [2.45, 2.75) is 5.92 Å². The molecule has 1 aliphatic rings. The molecule has 21 heavy (non-hydrogen) atoms. The third-order valence-corrected chi connectivity index (χ3v) is 3.76. The third kappa shape index (κ3) is 2.18. The number of aromatic hydroxyl groups is 1. The lowest BCUT2D eigenvalue weighted by molar-refractivity contribution is 0.388. The fraction of sp³-hybridized carbons (Fsp3) is 0.0625. The van der Waals surface area contributed by atoms with E-state index in [2.05, 4.69) is 6.07 Å². The summed E-state index contributed by atoms with van der Waals surface area (Å²) in [5.74, 6) is 0.116. The lowest BCUT2D eigenvalue weighted by Gasteiger charge is -2.27. The van der Waals surface area contributed by atoms with E-state index in [1.54, 1.807) is 18.2 Å². The predicted octanol–water partition coefficient (Wildman–Crippen LogP) is 3.26. The van der Waals surface area contributed by atoms with Crippen molar-refractivity contribution >= 4 is 11.6 Å². The van der Waals surface area contributed by atoms with Crippen molar-refractivity contribution in [2.24, 2.45) is 5.73 Å². The molecule has 104 valence electrons. The number of nitriles is 1. The van der Waals surface area contributed by atoms with Gasteiger partial charge >= 0.3 is 0 Å². The Morgan fingerprint density at radius 1 is 1.19 bits per heavy atom. The van der Waals surface area contributed by atoms with Crippen LogP contribution in [0.5, 0.6) is 11.5 Å². The highest BCUT2D eigenvalue weighted by Gasteiger charge is 2.31. The zero-order valence-electron chi connectivity index (χ0n) is 10.9. The highest BCUT2D eigenvalue weighted by atomic mass is 35.5. The van der Waals surface area contributed by atoms with Crippen LogP contribution in [0.15, 0.2) is 53.9 Å². The normalized spacial score (nSPS) is 16.9. The quantitative estimate of drug-likeness (QED) is 0.847. The number of fused-ring (bicyclic) bond motifs is 1. The molecular formula is C16H11ClN2O2. The van der Waals surface area contributed by atoms with Crippen molar-refractivity contribution < 1.29 is 9.84 Å². The Kier molecular flexibility index (Phi) is 3.20. The van der Waals surface area contributed by atoms with Crippen LogP contribution in [0.4, 0.5) is 0 Å². The lowest BCUT2D eigenvalue weighted by atomic mass is 9.83. The molecule has 3 rings (SSSR count). The molecule has 2 aromatic rings. The monoisotopic (exact) mass is 298 g/mol. The smallest absolute Gasteiger partial charge is 0.205 e. The van der Waals surface area contributed by atoms with Gasteiger partial charge in [-0.15, -0.1) is 0 Å². The van der Waals surface area contributed by atoms with Crippen molar-refractivity contribution in [1.29, 1.82) is 5.26 Å². The van der Waals surface area contributed by atoms with E-state index in [1.165, 1.54) is 6.07 Å². The second-order valence-electron chi connectivity index (χ2n) is 4.67. The summed E-state index contributed by atoms with van der Waals surface area (Å²) in [5.41, 5.74) is 7.66. The molecule has 0 saturated carbocycles. The van der Waals surface area contributed by atoms with Crippen LogP contribution in [0.1, 0.15) is 17.0 Å². The van der Waals surface area contributed by atoms with Crippen LogP contribution < -0.4 is 10.5 Å². The van der Waals surface area contributed by atoms with Crippen LogP contribution in [-0.2, 0) is 0 Å². The number of ether oxygens (including phenoxy) is 1. The number of rotatable bonds is 1. The molecule has 1 atom stereocenters. The average Bonchev–Trinajstić information content (AvgIpc) is 2.46. The molecule has 3 N–H and O–H groups in total. The largest absolute Gasteiger partial charge is 0.508 e. The molecule has 0 radical (unpaired) electrons. The Labute approximate surface area is 126 Å². The maximum atomic E-state index is 9.58. The topological polar surface area (TPSA) is 79.3 Å². The van der Waals surface area contributed by atoms with Gasteiger partial charge in [-0.2, -0.15) is 5.26 Å². The third-order valence-electron chi connectivity index (χ3n) is 3.42. The van der Waals surface area contributed by atoms with Gasteiger partial charge in [-0.3, -0.25) is 0 Å².